The number of nitrogens with zero attached hydrogens (tertiary/aromatic N) is 1. The van der Waals surface area contributed by atoms with Crippen LogP contribution in [0.4, 0.5) is 11.4 Å². The van der Waals surface area contributed by atoms with Crippen molar-refractivity contribution >= 4 is 42.8 Å². The van der Waals surface area contributed by atoms with Gasteiger partial charge in [0.15, 0.2) is 0 Å². The van der Waals surface area contributed by atoms with Crippen LogP contribution in [0.25, 0.3) is 21.0 Å². The summed E-state index contributed by atoms with van der Waals surface area (Å²) in [5, 5.41) is 3.80. The van der Waals surface area contributed by atoms with E-state index in [0.717, 1.165) is 22.5 Å². The number of anilines is 2. The third kappa shape index (κ3) is 6.06. The van der Waals surface area contributed by atoms with Crippen LogP contribution in [0.3, 0.4) is 0 Å². The molecule has 0 saturated heterocycles. The van der Waals surface area contributed by atoms with E-state index in [0.29, 0.717) is 10.4 Å². The maximum Gasteiger partial charge on any atom is 0.241 e. The highest BCUT2D eigenvalue weighted by atomic mass is 32.2. The third-order valence-electron chi connectivity index (χ3n) is 4.21. The van der Waals surface area contributed by atoms with Gasteiger partial charge >= 0.3 is 0 Å². The predicted molar refractivity (Wildman–Crippen MR) is 131 cm³/mol. The maximum atomic E-state index is 13.2. The molecule has 0 saturated carbocycles. The molecule has 32 heavy (non-hydrogen) atoms. The van der Waals surface area contributed by atoms with Crippen LogP contribution >= 0.6 is 11.3 Å². The summed E-state index contributed by atoms with van der Waals surface area (Å²) >= 11 is 1.36. The highest BCUT2D eigenvalue weighted by molar-refractivity contribution is 7.92. The number of hydrogen-bond acceptors (Lipinski definition) is 7. The van der Waals surface area contributed by atoms with E-state index in [-0.39, 0.29) is 10.6 Å². The molecule has 0 atom stereocenters. The van der Waals surface area contributed by atoms with Gasteiger partial charge in [0.1, 0.15) is 5.01 Å². The Morgan fingerprint density at radius 3 is 2.12 bits per heavy atom. The number of sulfonamides is 2. The van der Waals surface area contributed by atoms with Crippen molar-refractivity contribution in [2.24, 2.45) is 0 Å². The molecule has 0 bridgehead atoms. The minimum Gasteiger partial charge on any atom is -0.388 e. The molecule has 172 valence electrons. The third-order valence-corrected chi connectivity index (χ3v) is 7.69. The van der Waals surface area contributed by atoms with Crippen LogP contribution in [-0.4, -0.2) is 40.7 Å². The van der Waals surface area contributed by atoms with Gasteiger partial charge in [0.25, 0.3) is 0 Å². The Morgan fingerprint density at radius 1 is 0.938 bits per heavy atom. The van der Waals surface area contributed by atoms with Gasteiger partial charge in [-0.3, -0.25) is 4.72 Å². The highest BCUT2D eigenvalue weighted by Crippen LogP contribution is 2.37. The Labute approximate surface area is 193 Å². The number of nitrogens with one attached hydrogen (secondary N) is 3. The molecule has 0 unspecified atom stereocenters. The average Bonchev–Trinajstić information content (AvgIpc) is 3.15. The SMILES string of the molecule is CNc1ccc(-c2ncc(-c3ccc(NS(C)(=O)=O)cc3S(=O)(=O)NC(C)(C)C)s2)cc1. The molecule has 3 N–H and O–H groups in total. The fourth-order valence-electron chi connectivity index (χ4n) is 3.00. The number of rotatable bonds is 7. The first kappa shape index (κ1) is 24.2. The summed E-state index contributed by atoms with van der Waals surface area (Å²) in [6.07, 6.45) is 2.64. The number of hydrogen-bond donors (Lipinski definition) is 3. The predicted octanol–water partition coefficient (Wildman–Crippen LogP) is 3.97. The average molecular weight is 495 g/mol. The van der Waals surface area contributed by atoms with Crippen LogP contribution in [0.2, 0.25) is 0 Å². The fraction of sp³-hybridized carbons (Fsp3) is 0.286. The van der Waals surface area contributed by atoms with E-state index in [2.05, 4.69) is 19.7 Å². The van der Waals surface area contributed by atoms with Gasteiger partial charge in [-0.2, -0.15) is 0 Å². The van der Waals surface area contributed by atoms with Gasteiger partial charge in [-0.1, -0.05) is 6.07 Å². The van der Waals surface area contributed by atoms with Crippen molar-refractivity contribution in [1.29, 1.82) is 0 Å². The van der Waals surface area contributed by atoms with Gasteiger partial charge in [0.2, 0.25) is 20.0 Å². The molecule has 0 aliphatic rings. The first-order valence-corrected chi connectivity index (χ1v) is 13.9. The molecule has 11 heteroatoms. The molecule has 0 fully saturated rings. The van der Waals surface area contributed by atoms with Crippen molar-refractivity contribution in [1.82, 2.24) is 9.71 Å². The van der Waals surface area contributed by atoms with Crippen molar-refractivity contribution in [3.8, 4) is 21.0 Å². The second kappa shape index (κ2) is 8.81. The van der Waals surface area contributed by atoms with E-state index in [1.807, 2.05) is 31.3 Å². The molecule has 0 spiro atoms. The van der Waals surface area contributed by atoms with Gasteiger partial charge in [0.05, 0.1) is 16.0 Å². The summed E-state index contributed by atoms with van der Waals surface area (Å²) in [4.78, 5) is 5.09. The summed E-state index contributed by atoms with van der Waals surface area (Å²) in [6, 6.07) is 12.2. The van der Waals surface area contributed by atoms with E-state index in [9.17, 15) is 16.8 Å². The summed E-state index contributed by atoms with van der Waals surface area (Å²) in [6.45, 7) is 5.22. The Kier molecular flexibility index (Phi) is 6.66. The van der Waals surface area contributed by atoms with E-state index in [1.165, 1.54) is 23.5 Å². The van der Waals surface area contributed by atoms with E-state index >= 15 is 0 Å². The van der Waals surface area contributed by atoms with Crippen molar-refractivity contribution in [3.05, 3.63) is 48.7 Å². The molecule has 1 heterocycles. The lowest BCUT2D eigenvalue weighted by molar-refractivity contribution is 0.491. The van der Waals surface area contributed by atoms with E-state index in [4.69, 9.17) is 0 Å². The van der Waals surface area contributed by atoms with Crippen molar-refractivity contribution in [3.63, 3.8) is 0 Å². The van der Waals surface area contributed by atoms with Gasteiger partial charge in [-0.05, 0) is 57.2 Å². The van der Waals surface area contributed by atoms with Crippen LogP contribution in [0.5, 0.6) is 0 Å². The second-order valence-electron chi connectivity index (χ2n) is 8.30. The van der Waals surface area contributed by atoms with Crippen molar-refractivity contribution < 1.29 is 16.8 Å². The molecular formula is C21H26N4O4S3. The molecule has 1 aromatic heterocycles. The van der Waals surface area contributed by atoms with Crippen molar-refractivity contribution in [2.75, 3.05) is 23.3 Å². The Hall–Kier alpha value is -2.47. The summed E-state index contributed by atoms with van der Waals surface area (Å²) < 4.78 is 54.7. The number of aromatic nitrogens is 1. The molecule has 8 nitrogen and oxygen atoms in total. The van der Waals surface area contributed by atoms with Crippen LogP contribution < -0.4 is 14.8 Å². The lowest BCUT2D eigenvalue weighted by atomic mass is 10.1. The smallest absolute Gasteiger partial charge is 0.241 e. The van der Waals surface area contributed by atoms with Crippen LogP contribution in [-0.2, 0) is 20.0 Å². The highest BCUT2D eigenvalue weighted by Gasteiger charge is 2.26. The Morgan fingerprint density at radius 2 is 1.56 bits per heavy atom. The zero-order valence-electron chi connectivity index (χ0n) is 18.4. The molecule has 0 aliphatic carbocycles. The maximum absolute atomic E-state index is 13.2. The summed E-state index contributed by atoms with van der Waals surface area (Å²) in [5.74, 6) is 0. The molecular weight excluding hydrogens is 468 g/mol. The Bertz CT molecular complexity index is 1320. The number of thiazole rings is 1. The largest absolute Gasteiger partial charge is 0.388 e. The van der Waals surface area contributed by atoms with Crippen LogP contribution in [0, 0.1) is 0 Å². The standard InChI is InChI=1S/C21H26N4O4S3/c1-21(2,3)25-32(28,29)19-12-16(24-31(5,26)27)10-11-17(19)18-13-23-20(30-18)14-6-8-15(22-4)9-7-14/h6-13,22,24-25H,1-5H3. The summed E-state index contributed by atoms with van der Waals surface area (Å²) in [7, 11) is -5.68. The van der Waals surface area contributed by atoms with Crippen LogP contribution in [0.1, 0.15) is 20.8 Å². The molecule has 0 aliphatic heterocycles. The minimum atomic E-state index is -3.95. The first-order valence-electron chi connectivity index (χ1n) is 9.68. The van der Waals surface area contributed by atoms with Gasteiger partial charge in [-0.25, -0.2) is 26.5 Å². The monoisotopic (exact) mass is 494 g/mol. The lowest BCUT2D eigenvalue weighted by Crippen LogP contribution is -2.40. The van der Waals surface area contributed by atoms with Crippen LogP contribution in [0.15, 0.2) is 53.6 Å². The first-order chi connectivity index (χ1) is 14.8. The second-order valence-corrected chi connectivity index (χ2v) is 12.7. The fourth-order valence-corrected chi connectivity index (χ4v) is 6.24. The van der Waals surface area contributed by atoms with E-state index in [1.54, 1.807) is 33.0 Å². The van der Waals surface area contributed by atoms with Gasteiger partial charge in [0, 0.05) is 41.3 Å². The zero-order chi connectivity index (χ0) is 23.7. The van der Waals surface area contributed by atoms with E-state index < -0.39 is 25.6 Å². The number of benzene rings is 2. The van der Waals surface area contributed by atoms with Crippen molar-refractivity contribution in [2.45, 2.75) is 31.2 Å². The molecule has 3 rings (SSSR count). The molecule has 3 aromatic rings. The van der Waals surface area contributed by atoms with Gasteiger partial charge < -0.3 is 5.32 Å². The Balaban J connectivity index is 2.10. The molecule has 0 amide bonds. The lowest BCUT2D eigenvalue weighted by Gasteiger charge is -2.22. The van der Waals surface area contributed by atoms with Gasteiger partial charge in [-0.15, -0.1) is 11.3 Å². The summed E-state index contributed by atoms with van der Waals surface area (Å²) in [5.41, 5.74) is 1.77. The normalized spacial score (nSPS) is 12.5. The molecule has 0 radical (unpaired) electrons. The zero-order valence-corrected chi connectivity index (χ0v) is 20.9. The molecule has 2 aromatic carbocycles. The minimum absolute atomic E-state index is 0.0261. The topological polar surface area (TPSA) is 117 Å². The quantitative estimate of drug-likeness (QED) is 0.458.